The van der Waals surface area contributed by atoms with Crippen LogP contribution < -0.4 is 10.6 Å². The van der Waals surface area contributed by atoms with E-state index in [2.05, 4.69) is 20.7 Å². The van der Waals surface area contributed by atoms with Crippen LogP contribution in [0.3, 0.4) is 0 Å². The molecule has 2 amide bonds. The zero-order chi connectivity index (χ0) is 58.0. The lowest BCUT2D eigenvalue weighted by atomic mass is 9.44. The molecule has 0 radical (unpaired) electrons. The number of amides is 2. The Hall–Kier alpha value is -7.00. The van der Waals surface area contributed by atoms with E-state index < -0.39 is 113 Å². The van der Waals surface area contributed by atoms with Crippen LogP contribution in [0.2, 0.25) is 0 Å². The molecule has 2 unspecified atom stereocenters. The number of aliphatic hydroxyl groups is 2. The molecule has 3 fully saturated rings. The summed E-state index contributed by atoms with van der Waals surface area (Å²) in [6, 6.07) is 23.0. The summed E-state index contributed by atoms with van der Waals surface area (Å²) in [7, 11) is 0. The van der Waals surface area contributed by atoms with Crippen LogP contribution in [0.5, 0.6) is 0 Å². The number of azide groups is 1. The fourth-order valence-electron chi connectivity index (χ4n) is 12.2. The molecule has 21 heteroatoms. The number of ether oxygens (including phenoxy) is 7. The molecule has 2 saturated carbocycles. The molecule has 12 atom stereocenters. The number of ketones is 1. The van der Waals surface area contributed by atoms with Gasteiger partial charge in [0.2, 0.25) is 5.91 Å². The molecule has 1 heterocycles. The van der Waals surface area contributed by atoms with Crippen LogP contribution in [0.25, 0.3) is 10.4 Å². The van der Waals surface area contributed by atoms with E-state index in [9.17, 15) is 39.0 Å². The molecule has 0 aromatic heterocycles. The largest absolute Gasteiger partial charge is 0.456 e. The maximum Gasteiger partial charge on any atom is 0.338 e. The second-order valence-electron chi connectivity index (χ2n) is 21.7. The molecule has 21 nitrogen and oxygen atoms in total. The van der Waals surface area contributed by atoms with Crippen LogP contribution >= 0.6 is 0 Å². The molecule has 80 heavy (non-hydrogen) atoms. The van der Waals surface area contributed by atoms with Gasteiger partial charge in [-0.05, 0) is 79.1 Å². The highest BCUT2D eigenvalue weighted by Gasteiger charge is 2.78. The molecular weight excluding hydrogens is 1030 g/mol. The quantitative estimate of drug-likeness (QED) is 0.0143. The Balaban J connectivity index is 1.30. The van der Waals surface area contributed by atoms with Crippen LogP contribution in [0.4, 0.5) is 0 Å². The van der Waals surface area contributed by atoms with E-state index in [4.69, 9.17) is 38.7 Å². The number of carbonyl (C=O) groups is 7. The van der Waals surface area contributed by atoms with Gasteiger partial charge < -0.3 is 54.0 Å². The third-order valence-electron chi connectivity index (χ3n) is 16.5. The summed E-state index contributed by atoms with van der Waals surface area (Å²) in [5.41, 5.74) is 1.45. The van der Waals surface area contributed by atoms with Gasteiger partial charge in [-0.3, -0.25) is 24.0 Å². The highest BCUT2D eigenvalue weighted by atomic mass is 16.6. The number of nitrogens with one attached hydrogen (secondary N) is 2. The SMILES string of the molecule is CCC(CCCC(=O)NCCOCCN=[N+]=[N-])CO[C@H]1C[C@H]2OC[C@@]2(OC(C)=O)C2[C@H](OC(=O)c3ccccc3)[C@]3(O)C[C@H](OC(=O)[C@H](O)[C@@H](NC(=O)c4ccccc4)c4ccccc4)C(C)=C([C@@H](OC(C)=O)C(=O)[C@@]21C)C3(C)C. The van der Waals surface area contributed by atoms with Crippen molar-refractivity contribution in [2.75, 3.05) is 39.5 Å². The lowest BCUT2D eigenvalue weighted by molar-refractivity contribution is -0.349. The van der Waals surface area contributed by atoms with Gasteiger partial charge in [0.05, 0.1) is 48.9 Å². The Bertz CT molecular complexity index is 2810. The Kier molecular flexibility index (Phi) is 19.8. The van der Waals surface area contributed by atoms with E-state index in [-0.39, 0.29) is 86.5 Å². The minimum absolute atomic E-state index is 0.0212. The van der Waals surface area contributed by atoms with Crippen molar-refractivity contribution in [2.24, 2.45) is 27.8 Å². The molecule has 3 aromatic carbocycles. The Labute approximate surface area is 465 Å². The van der Waals surface area contributed by atoms with Crippen LogP contribution in [0.15, 0.2) is 107 Å². The Morgan fingerprint density at radius 3 is 2.14 bits per heavy atom. The molecule has 430 valence electrons. The monoisotopic (exact) mass is 1110 g/mol. The van der Waals surface area contributed by atoms with Crippen molar-refractivity contribution in [1.82, 2.24) is 10.6 Å². The minimum Gasteiger partial charge on any atom is -0.456 e. The number of rotatable bonds is 24. The third-order valence-corrected chi connectivity index (χ3v) is 16.5. The maximum atomic E-state index is 16.4. The Morgan fingerprint density at radius 2 is 1.54 bits per heavy atom. The van der Waals surface area contributed by atoms with Crippen molar-refractivity contribution in [3.63, 3.8) is 0 Å². The van der Waals surface area contributed by atoms with Crippen LogP contribution in [0.1, 0.15) is 119 Å². The number of benzene rings is 3. The number of fused-ring (bicyclic) bond motifs is 5. The van der Waals surface area contributed by atoms with Crippen molar-refractivity contribution in [3.8, 4) is 0 Å². The van der Waals surface area contributed by atoms with Gasteiger partial charge in [0.1, 0.15) is 23.9 Å². The van der Waals surface area contributed by atoms with Crippen molar-refractivity contribution in [3.05, 3.63) is 129 Å². The number of Topliss-reactive ketones (excluding diaryl/α,β-unsaturated/α-hetero) is 1. The second-order valence-corrected chi connectivity index (χ2v) is 21.7. The summed E-state index contributed by atoms with van der Waals surface area (Å²) >= 11 is 0. The highest BCUT2D eigenvalue weighted by molar-refractivity contribution is 5.96. The molecule has 7 rings (SSSR count). The minimum atomic E-state index is -2.42. The lowest BCUT2D eigenvalue weighted by Crippen LogP contribution is -2.82. The van der Waals surface area contributed by atoms with E-state index in [1.807, 2.05) is 6.92 Å². The zero-order valence-electron chi connectivity index (χ0n) is 46.3. The van der Waals surface area contributed by atoms with Gasteiger partial charge in [-0.15, -0.1) is 0 Å². The molecule has 2 bridgehead atoms. The van der Waals surface area contributed by atoms with E-state index in [0.717, 1.165) is 6.92 Å². The molecule has 3 aliphatic carbocycles. The predicted octanol–water partition coefficient (Wildman–Crippen LogP) is 6.40. The summed E-state index contributed by atoms with van der Waals surface area (Å²) in [5.74, 6) is -7.03. The molecule has 4 N–H and O–H groups in total. The molecule has 1 saturated heterocycles. The Morgan fingerprint density at radius 1 is 0.887 bits per heavy atom. The van der Waals surface area contributed by atoms with Gasteiger partial charge >= 0.3 is 23.9 Å². The van der Waals surface area contributed by atoms with E-state index >= 15 is 4.79 Å². The van der Waals surface area contributed by atoms with Gasteiger partial charge in [0.25, 0.3) is 5.91 Å². The summed E-state index contributed by atoms with van der Waals surface area (Å²) in [6.45, 7) is 11.2. The maximum absolute atomic E-state index is 16.4. The molecule has 1 aliphatic heterocycles. The molecule has 3 aromatic rings. The normalized spacial score (nSPS) is 27.5. The summed E-state index contributed by atoms with van der Waals surface area (Å²) in [4.78, 5) is 102. The number of esters is 4. The number of hydrogen-bond donors (Lipinski definition) is 4. The van der Waals surface area contributed by atoms with Gasteiger partial charge in [-0.2, -0.15) is 0 Å². The van der Waals surface area contributed by atoms with Crippen molar-refractivity contribution in [1.29, 1.82) is 0 Å². The van der Waals surface area contributed by atoms with Crippen LogP contribution in [0, 0.1) is 22.7 Å². The van der Waals surface area contributed by atoms with Gasteiger partial charge in [0, 0.05) is 68.7 Å². The highest BCUT2D eigenvalue weighted by Crippen LogP contribution is 2.65. The summed E-state index contributed by atoms with van der Waals surface area (Å²) in [5, 5.41) is 35.2. The third kappa shape index (κ3) is 12.6. The molecular formula is C59H73N5O16. The molecule has 0 spiro atoms. The first-order valence-electron chi connectivity index (χ1n) is 27.1. The standard InChI is InChI=1S/C59H73N5O16/c1-8-38(19-18-26-45(67)61-27-29-74-30-28-62-64-60)33-75-43-31-44-58(34-76-44,80-37(4)66)50-52(79-54(71)41-24-16-11-17-25-41)59(73)32-42(35(2)46(56(59,5)6)49(77-36(3)65)51(69)57(43,50)7)78-55(72)48(68)47(39-20-12-9-13-21-39)63-53(70)40-22-14-10-15-23-40/h9-17,20-25,38,42-44,47-50,52,68,73H,8,18-19,26-34H2,1-7H3,(H,61,67)(H,63,70)/t38?,42-,43-,44+,47-,48+,49+,50?,52-,57+,58-,59+/m0/s1. The van der Waals surface area contributed by atoms with Crippen molar-refractivity contribution >= 4 is 41.5 Å². The number of aliphatic hydroxyl groups excluding tert-OH is 1. The number of hydrogen-bond acceptors (Lipinski definition) is 17. The van der Waals surface area contributed by atoms with Gasteiger partial charge in [-0.1, -0.05) is 99.0 Å². The first-order valence-corrected chi connectivity index (χ1v) is 27.1. The average Bonchev–Trinajstić information content (AvgIpc) is 1.86. The second kappa shape index (κ2) is 26.1. The van der Waals surface area contributed by atoms with Gasteiger partial charge in [-0.25, -0.2) is 9.59 Å². The predicted molar refractivity (Wildman–Crippen MR) is 287 cm³/mol. The first kappa shape index (κ1) is 60.6. The smallest absolute Gasteiger partial charge is 0.338 e. The molecule has 4 aliphatic rings. The van der Waals surface area contributed by atoms with Gasteiger partial charge in [0.15, 0.2) is 23.6 Å². The lowest BCUT2D eigenvalue weighted by Gasteiger charge is -2.68. The number of nitrogens with zero attached hydrogens (tertiary/aromatic N) is 3. The fourth-order valence-corrected chi connectivity index (χ4v) is 12.2. The summed E-state index contributed by atoms with van der Waals surface area (Å²) in [6.07, 6.45) is -8.14. The average molecular weight is 1110 g/mol. The first-order chi connectivity index (χ1) is 38.1. The topological polar surface area (TPSA) is 297 Å². The van der Waals surface area contributed by atoms with Crippen LogP contribution in [-0.4, -0.2) is 139 Å². The van der Waals surface area contributed by atoms with Crippen molar-refractivity contribution in [2.45, 2.75) is 141 Å². The van der Waals surface area contributed by atoms with E-state index in [1.165, 1.54) is 19.1 Å². The fraction of sp³-hybridized carbons (Fsp3) is 0.542. The van der Waals surface area contributed by atoms with E-state index in [1.54, 1.807) is 107 Å². The zero-order valence-corrected chi connectivity index (χ0v) is 46.3. The van der Waals surface area contributed by atoms with Crippen LogP contribution in [-0.2, 0) is 57.1 Å². The van der Waals surface area contributed by atoms with E-state index in [0.29, 0.717) is 24.8 Å². The summed E-state index contributed by atoms with van der Waals surface area (Å²) < 4.78 is 43.9. The van der Waals surface area contributed by atoms with Crippen molar-refractivity contribution < 1.29 is 76.9 Å². The number of carbonyl (C=O) groups excluding carboxylic acids is 7.